The third-order valence-electron chi connectivity index (χ3n) is 2.28. The second-order valence-electron chi connectivity index (χ2n) is 3.62. The molecule has 0 saturated heterocycles. The van der Waals surface area contributed by atoms with Gasteiger partial charge < -0.3 is 9.72 Å². The maximum Gasteiger partial charge on any atom is 0.252 e. The van der Waals surface area contributed by atoms with Crippen LogP contribution in [0.25, 0.3) is 0 Å². The third-order valence-corrected chi connectivity index (χ3v) is 2.48. The Morgan fingerprint density at radius 1 is 1.24 bits per heavy atom. The van der Waals surface area contributed by atoms with Gasteiger partial charge in [-0.15, -0.1) is 0 Å². The quantitative estimate of drug-likeness (QED) is 0.821. The summed E-state index contributed by atoms with van der Waals surface area (Å²) in [4.78, 5) is 16.7. The normalized spacial score (nSPS) is 12.1. The van der Waals surface area contributed by atoms with Crippen molar-refractivity contribution in [3.8, 4) is 5.75 Å². The molecule has 88 valence electrons. The number of hydrogen-bond acceptors (Lipinski definition) is 3. The van der Waals surface area contributed by atoms with Gasteiger partial charge in [0.15, 0.2) is 4.77 Å². The smallest absolute Gasteiger partial charge is 0.252 e. The molecule has 0 bridgehead atoms. The van der Waals surface area contributed by atoms with Gasteiger partial charge in [0.1, 0.15) is 11.9 Å². The van der Waals surface area contributed by atoms with E-state index in [0.29, 0.717) is 10.5 Å². The molecule has 1 unspecified atom stereocenters. The van der Waals surface area contributed by atoms with Crippen LogP contribution in [0.2, 0.25) is 0 Å². The molecule has 5 heteroatoms. The first-order valence-electron chi connectivity index (χ1n) is 5.20. The molecular weight excluding hydrogens is 236 g/mol. The van der Waals surface area contributed by atoms with Crippen molar-refractivity contribution in [1.82, 2.24) is 9.97 Å². The maximum atomic E-state index is 11.3. The van der Waals surface area contributed by atoms with E-state index in [2.05, 4.69) is 9.97 Å². The van der Waals surface area contributed by atoms with Crippen molar-refractivity contribution < 1.29 is 4.74 Å². The van der Waals surface area contributed by atoms with E-state index in [0.717, 1.165) is 5.75 Å². The number of H-pyrrole nitrogens is 2. The molecule has 0 saturated carbocycles. The fourth-order valence-electron chi connectivity index (χ4n) is 1.47. The summed E-state index contributed by atoms with van der Waals surface area (Å²) in [6.45, 7) is 1.85. The Morgan fingerprint density at radius 2 is 1.94 bits per heavy atom. The van der Waals surface area contributed by atoms with Gasteiger partial charge in [-0.3, -0.25) is 9.78 Å². The Bertz CT molecular complexity index is 575. The van der Waals surface area contributed by atoms with Crippen LogP contribution in [0.4, 0.5) is 0 Å². The van der Waals surface area contributed by atoms with Crippen molar-refractivity contribution in [3.05, 3.63) is 57.2 Å². The van der Waals surface area contributed by atoms with Gasteiger partial charge in [-0.05, 0) is 31.3 Å². The predicted molar refractivity (Wildman–Crippen MR) is 67.7 cm³/mol. The number of hydrogen-bond donors (Lipinski definition) is 2. The van der Waals surface area contributed by atoms with Crippen molar-refractivity contribution in [2.45, 2.75) is 13.0 Å². The van der Waals surface area contributed by atoms with E-state index < -0.39 is 0 Å². The lowest BCUT2D eigenvalue weighted by Gasteiger charge is -2.14. The summed E-state index contributed by atoms with van der Waals surface area (Å²) < 4.78 is 5.98. The topological polar surface area (TPSA) is 57.9 Å². The lowest BCUT2D eigenvalue weighted by Crippen LogP contribution is -2.13. The van der Waals surface area contributed by atoms with Gasteiger partial charge in [-0.25, -0.2) is 0 Å². The van der Waals surface area contributed by atoms with Crippen LogP contribution in [0.1, 0.15) is 18.7 Å². The van der Waals surface area contributed by atoms with Gasteiger partial charge >= 0.3 is 0 Å². The van der Waals surface area contributed by atoms with Gasteiger partial charge in [-0.1, -0.05) is 18.2 Å². The minimum atomic E-state index is -0.263. The van der Waals surface area contributed by atoms with Crippen molar-refractivity contribution in [2.24, 2.45) is 0 Å². The summed E-state index contributed by atoms with van der Waals surface area (Å²) in [6.07, 6.45) is -0.263. The van der Waals surface area contributed by atoms with Crippen molar-refractivity contribution >= 4 is 12.2 Å². The van der Waals surface area contributed by atoms with Gasteiger partial charge in [0, 0.05) is 6.07 Å². The molecule has 0 aliphatic rings. The van der Waals surface area contributed by atoms with Crippen molar-refractivity contribution in [2.75, 3.05) is 0 Å². The Morgan fingerprint density at radius 3 is 2.59 bits per heavy atom. The molecule has 0 spiro atoms. The number of nitrogens with one attached hydrogen (secondary N) is 2. The van der Waals surface area contributed by atoms with Crippen LogP contribution in [0.5, 0.6) is 5.75 Å². The molecule has 1 atom stereocenters. The highest BCUT2D eigenvalue weighted by Crippen LogP contribution is 2.18. The Kier molecular flexibility index (Phi) is 3.39. The van der Waals surface area contributed by atoms with Crippen molar-refractivity contribution in [1.29, 1.82) is 0 Å². The monoisotopic (exact) mass is 248 g/mol. The molecular formula is C12H12N2O2S. The van der Waals surface area contributed by atoms with Crippen LogP contribution in [-0.2, 0) is 0 Å². The third kappa shape index (κ3) is 3.04. The van der Waals surface area contributed by atoms with E-state index in [1.165, 1.54) is 6.07 Å². The first kappa shape index (κ1) is 11.6. The molecule has 1 aromatic heterocycles. The second-order valence-corrected chi connectivity index (χ2v) is 4.02. The van der Waals surface area contributed by atoms with E-state index in [4.69, 9.17) is 17.0 Å². The highest BCUT2D eigenvalue weighted by molar-refractivity contribution is 7.71. The van der Waals surface area contributed by atoms with Gasteiger partial charge in [0.2, 0.25) is 0 Å². The van der Waals surface area contributed by atoms with Crippen LogP contribution in [0.15, 0.2) is 41.2 Å². The summed E-state index contributed by atoms with van der Waals surface area (Å²) in [7, 11) is 0. The Hall–Kier alpha value is -1.88. The fourth-order valence-corrected chi connectivity index (χ4v) is 1.69. The number of aromatic nitrogens is 2. The predicted octanol–water partition coefficient (Wildman–Crippen LogP) is 2.57. The number of para-hydroxylation sites is 1. The average Bonchev–Trinajstić information content (AvgIpc) is 2.29. The Labute approximate surface area is 103 Å². The second kappa shape index (κ2) is 4.97. The van der Waals surface area contributed by atoms with Gasteiger partial charge in [0.25, 0.3) is 5.56 Å². The number of aromatic amines is 2. The van der Waals surface area contributed by atoms with E-state index >= 15 is 0 Å². The SMILES string of the molecule is CC(Oc1ccccc1)c1cc(=O)[nH]c(=S)[nH]1. The zero-order valence-corrected chi connectivity index (χ0v) is 10.1. The highest BCUT2D eigenvalue weighted by Gasteiger charge is 2.08. The lowest BCUT2D eigenvalue weighted by atomic mass is 10.2. The molecule has 17 heavy (non-hydrogen) atoms. The van der Waals surface area contributed by atoms with Crippen LogP contribution in [0, 0.1) is 4.77 Å². The molecule has 0 aliphatic heterocycles. The summed E-state index contributed by atoms with van der Waals surface area (Å²) in [5, 5.41) is 0. The summed E-state index contributed by atoms with van der Waals surface area (Å²) in [5.74, 6) is 0.750. The molecule has 2 aromatic rings. The van der Waals surface area contributed by atoms with E-state index in [-0.39, 0.29) is 11.7 Å². The summed E-state index contributed by atoms with van der Waals surface area (Å²) in [6, 6.07) is 10.9. The average molecular weight is 248 g/mol. The molecule has 0 amide bonds. The minimum absolute atomic E-state index is 0.229. The molecule has 0 fully saturated rings. The fraction of sp³-hybridized carbons (Fsp3) is 0.167. The van der Waals surface area contributed by atoms with E-state index in [1.807, 2.05) is 37.3 Å². The lowest BCUT2D eigenvalue weighted by molar-refractivity contribution is 0.221. The van der Waals surface area contributed by atoms with Gasteiger partial charge in [0.05, 0.1) is 5.69 Å². The molecule has 0 aliphatic carbocycles. The standard InChI is InChI=1S/C12H12N2O2S/c1-8(16-9-5-3-2-4-6-9)10-7-11(15)14-12(17)13-10/h2-8H,1H3,(H2,13,14,15,17). The zero-order chi connectivity index (χ0) is 12.3. The summed E-state index contributed by atoms with van der Waals surface area (Å²) >= 11 is 4.90. The first-order chi connectivity index (χ1) is 8.15. The summed E-state index contributed by atoms with van der Waals surface area (Å²) in [5.41, 5.74) is 0.426. The van der Waals surface area contributed by atoms with Crippen LogP contribution in [0.3, 0.4) is 0 Å². The number of rotatable bonds is 3. The zero-order valence-electron chi connectivity index (χ0n) is 9.27. The van der Waals surface area contributed by atoms with Crippen LogP contribution in [-0.4, -0.2) is 9.97 Å². The Balaban J connectivity index is 2.23. The molecule has 1 heterocycles. The van der Waals surface area contributed by atoms with Crippen LogP contribution < -0.4 is 10.3 Å². The molecule has 2 rings (SSSR count). The molecule has 0 radical (unpaired) electrons. The van der Waals surface area contributed by atoms with E-state index in [9.17, 15) is 4.79 Å². The number of benzene rings is 1. The maximum absolute atomic E-state index is 11.3. The highest BCUT2D eigenvalue weighted by atomic mass is 32.1. The number of ether oxygens (including phenoxy) is 1. The van der Waals surface area contributed by atoms with Crippen LogP contribution >= 0.6 is 12.2 Å². The van der Waals surface area contributed by atoms with E-state index in [1.54, 1.807) is 0 Å². The van der Waals surface area contributed by atoms with Gasteiger partial charge in [-0.2, -0.15) is 0 Å². The largest absolute Gasteiger partial charge is 0.485 e. The molecule has 1 aromatic carbocycles. The molecule has 4 nitrogen and oxygen atoms in total. The minimum Gasteiger partial charge on any atom is -0.485 e. The van der Waals surface area contributed by atoms with Crippen molar-refractivity contribution in [3.63, 3.8) is 0 Å². The first-order valence-corrected chi connectivity index (χ1v) is 5.61. The molecule has 2 N–H and O–H groups in total.